The summed E-state index contributed by atoms with van der Waals surface area (Å²) in [5.41, 5.74) is -0.0480. The molecule has 0 spiro atoms. The molecule has 1 saturated heterocycles. The van der Waals surface area contributed by atoms with E-state index in [0.29, 0.717) is 12.4 Å². The van der Waals surface area contributed by atoms with Gasteiger partial charge in [0.05, 0.1) is 18.6 Å². The Hall–Kier alpha value is -0.370. The average molecular weight is 168 g/mol. The Labute approximate surface area is 73.3 Å². The summed E-state index contributed by atoms with van der Waals surface area (Å²) in [6, 6.07) is 0. The molecule has 1 aliphatic carbocycles. The molecular weight excluding hydrogens is 152 g/mol. The average Bonchev–Trinajstić information content (AvgIpc) is 2.30. The van der Waals surface area contributed by atoms with E-state index in [1.165, 1.54) is 0 Å². The van der Waals surface area contributed by atoms with E-state index < -0.39 is 0 Å². The molecule has 0 aromatic heterocycles. The van der Waals surface area contributed by atoms with Crippen molar-refractivity contribution < 1.29 is 9.53 Å². The van der Waals surface area contributed by atoms with E-state index in [0.717, 1.165) is 25.9 Å². The first-order valence-corrected chi connectivity index (χ1v) is 4.70. The lowest BCUT2D eigenvalue weighted by atomic mass is 9.59. The fraction of sp³-hybridized carbons (Fsp3) is 0.900. The summed E-state index contributed by atoms with van der Waals surface area (Å²) in [6.45, 7) is 5.68. The van der Waals surface area contributed by atoms with E-state index in [1.807, 2.05) is 0 Å². The molecule has 1 aliphatic heterocycles. The summed E-state index contributed by atoms with van der Waals surface area (Å²) in [5, 5.41) is 0. The van der Waals surface area contributed by atoms with Gasteiger partial charge in [-0.25, -0.2) is 0 Å². The third kappa shape index (κ3) is 0.817. The van der Waals surface area contributed by atoms with Gasteiger partial charge in [0, 0.05) is 11.8 Å². The number of carbonyl (C=O) groups is 1. The van der Waals surface area contributed by atoms with Crippen LogP contribution in [0.5, 0.6) is 0 Å². The molecule has 68 valence electrons. The molecular formula is C10H16O2. The first kappa shape index (κ1) is 8.24. The van der Waals surface area contributed by atoms with E-state index in [-0.39, 0.29) is 10.8 Å². The van der Waals surface area contributed by atoms with Crippen LogP contribution in [0.2, 0.25) is 0 Å². The molecule has 0 amide bonds. The summed E-state index contributed by atoms with van der Waals surface area (Å²) < 4.78 is 5.45. The van der Waals surface area contributed by atoms with Crippen molar-refractivity contribution in [3.63, 3.8) is 0 Å². The van der Waals surface area contributed by atoms with Gasteiger partial charge in [-0.3, -0.25) is 4.79 Å². The second-order valence-electron chi connectivity index (χ2n) is 4.66. The van der Waals surface area contributed by atoms with Crippen molar-refractivity contribution in [3.05, 3.63) is 0 Å². The summed E-state index contributed by atoms with van der Waals surface area (Å²) in [6.07, 6.45) is 2.96. The Bertz CT molecular complexity index is 224. The highest BCUT2D eigenvalue weighted by atomic mass is 16.5. The van der Waals surface area contributed by atoms with Crippen LogP contribution < -0.4 is 0 Å². The Morgan fingerprint density at radius 3 is 2.75 bits per heavy atom. The van der Waals surface area contributed by atoms with E-state index in [1.54, 1.807) is 0 Å². The van der Waals surface area contributed by atoms with Crippen molar-refractivity contribution >= 4 is 5.78 Å². The Kier molecular flexibility index (Phi) is 1.59. The minimum Gasteiger partial charge on any atom is -0.380 e. The van der Waals surface area contributed by atoms with Gasteiger partial charge in [0.2, 0.25) is 0 Å². The number of fused-ring (bicyclic) bond motifs is 1. The van der Waals surface area contributed by atoms with Gasteiger partial charge in [-0.2, -0.15) is 0 Å². The smallest absolute Gasteiger partial charge is 0.141 e. The number of ether oxygens (including phenoxy) is 1. The summed E-state index contributed by atoms with van der Waals surface area (Å²) in [7, 11) is 0. The molecule has 1 saturated carbocycles. The monoisotopic (exact) mass is 168 g/mol. The molecule has 2 heteroatoms. The van der Waals surface area contributed by atoms with Gasteiger partial charge in [0.15, 0.2) is 0 Å². The molecule has 1 heterocycles. The third-order valence-corrected chi connectivity index (χ3v) is 3.89. The second kappa shape index (κ2) is 2.32. The van der Waals surface area contributed by atoms with Crippen molar-refractivity contribution in [2.24, 2.45) is 10.8 Å². The van der Waals surface area contributed by atoms with Gasteiger partial charge in [0.25, 0.3) is 0 Å². The van der Waals surface area contributed by atoms with E-state index in [4.69, 9.17) is 4.74 Å². The normalized spacial score (nSPS) is 47.7. The molecule has 12 heavy (non-hydrogen) atoms. The molecule has 0 radical (unpaired) electrons. The zero-order valence-corrected chi connectivity index (χ0v) is 7.85. The third-order valence-electron chi connectivity index (χ3n) is 3.89. The fourth-order valence-corrected chi connectivity index (χ4v) is 2.49. The quantitative estimate of drug-likeness (QED) is 0.551. The van der Waals surface area contributed by atoms with Gasteiger partial charge in [-0.1, -0.05) is 6.92 Å². The zero-order valence-electron chi connectivity index (χ0n) is 7.85. The molecule has 2 atom stereocenters. The molecule has 0 bridgehead atoms. The summed E-state index contributed by atoms with van der Waals surface area (Å²) in [4.78, 5) is 11.7. The van der Waals surface area contributed by atoms with Crippen molar-refractivity contribution in [2.45, 2.75) is 33.1 Å². The SMILES string of the molecule is CC12CCCC(=O)C1(C)COC2. The van der Waals surface area contributed by atoms with Crippen LogP contribution in [0.15, 0.2) is 0 Å². The highest BCUT2D eigenvalue weighted by Crippen LogP contribution is 2.52. The number of ketones is 1. The summed E-state index contributed by atoms with van der Waals surface area (Å²) in [5.74, 6) is 0.411. The molecule has 0 N–H and O–H groups in total. The second-order valence-corrected chi connectivity index (χ2v) is 4.66. The lowest BCUT2D eigenvalue weighted by molar-refractivity contribution is -0.135. The largest absolute Gasteiger partial charge is 0.380 e. The van der Waals surface area contributed by atoms with Gasteiger partial charge in [0.1, 0.15) is 5.78 Å². The maximum absolute atomic E-state index is 11.7. The van der Waals surface area contributed by atoms with E-state index in [9.17, 15) is 4.79 Å². The number of Topliss-reactive ketones (excluding diaryl/α,β-unsaturated/α-hetero) is 1. The predicted molar refractivity (Wildman–Crippen MR) is 45.9 cm³/mol. The maximum atomic E-state index is 11.7. The molecule has 2 unspecified atom stereocenters. The Balaban J connectivity index is 2.36. The lowest BCUT2D eigenvalue weighted by Crippen LogP contribution is -2.46. The number of hydrogen-bond donors (Lipinski definition) is 0. The number of carbonyl (C=O) groups excluding carboxylic acids is 1. The van der Waals surface area contributed by atoms with Crippen molar-refractivity contribution in [1.29, 1.82) is 0 Å². The predicted octanol–water partition coefficient (Wildman–Crippen LogP) is 1.78. The fourth-order valence-electron chi connectivity index (χ4n) is 2.49. The van der Waals surface area contributed by atoms with Crippen LogP contribution in [-0.4, -0.2) is 19.0 Å². The van der Waals surface area contributed by atoms with Crippen LogP contribution >= 0.6 is 0 Å². The van der Waals surface area contributed by atoms with Gasteiger partial charge in [-0.05, 0) is 19.8 Å². The topological polar surface area (TPSA) is 26.3 Å². The highest BCUT2D eigenvalue weighted by molar-refractivity contribution is 5.86. The van der Waals surface area contributed by atoms with E-state index in [2.05, 4.69) is 13.8 Å². The van der Waals surface area contributed by atoms with Crippen LogP contribution in [0.25, 0.3) is 0 Å². The number of hydrogen-bond acceptors (Lipinski definition) is 2. The van der Waals surface area contributed by atoms with Crippen molar-refractivity contribution in [1.82, 2.24) is 0 Å². The Morgan fingerprint density at radius 2 is 2.08 bits per heavy atom. The molecule has 2 rings (SSSR count). The van der Waals surface area contributed by atoms with Gasteiger partial charge < -0.3 is 4.74 Å². The van der Waals surface area contributed by atoms with Crippen LogP contribution in [0.4, 0.5) is 0 Å². The molecule has 2 fully saturated rings. The van der Waals surface area contributed by atoms with Crippen LogP contribution in [0.1, 0.15) is 33.1 Å². The first-order chi connectivity index (χ1) is 5.58. The zero-order chi connectivity index (χ0) is 8.82. The van der Waals surface area contributed by atoms with Gasteiger partial charge >= 0.3 is 0 Å². The lowest BCUT2D eigenvalue weighted by Gasteiger charge is -2.41. The summed E-state index contributed by atoms with van der Waals surface area (Å²) >= 11 is 0. The Morgan fingerprint density at radius 1 is 1.33 bits per heavy atom. The van der Waals surface area contributed by atoms with Gasteiger partial charge in [-0.15, -0.1) is 0 Å². The van der Waals surface area contributed by atoms with E-state index >= 15 is 0 Å². The van der Waals surface area contributed by atoms with Crippen molar-refractivity contribution in [3.8, 4) is 0 Å². The maximum Gasteiger partial charge on any atom is 0.141 e. The van der Waals surface area contributed by atoms with Crippen molar-refractivity contribution in [2.75, 3.05) is 13.2 Å². The minimum atomic E-state index is -0.175. The first-order valence-electron chi connectivity index (χ1n) is 4.70. The van der Waals surface area contributed by atoms with Crippen LogP contribution in [0, 0.1) is 10.8 Å². The van der Waals surface area contributed by atoms with Crippen LogP contribution in [0.3, 0.4) is 0 Å². The standard InChI is InChI=1S/C10H16O2/c1-9-5-3-4-8(11)10(9,2)7-12-6-9/h3-7H2,1-2H3. The molecule has 0 aromatic rings. The number of rotatable bonds is 0. The molecule has 2 aliphatic rings. The minimum absolute atomic E-state index is 0.127. The molecule has 0 aromatic carbocycles. The highest BCUT2D eigenvalue weighted by Gasteiger charge is 2.55. The molecule has 2 nitrogen and oxygen atoms in total. The van der Waals surface area contributed by atoms with Crippen LogP contribution in [-0.2, 0) is 9.53 Å².